The fourth-order valence-corrected chi connectivity index (χ4v) is 2.06. The number of nitrogens with zero attached hydrogens (tertiary/aromatic N) is 1. The molecule has 1 fully saturated rings. The lowest BCUT2D eigenvalue weighted by atomic mass is 9.87. The molecule has 0 aliphatic carbocycles. The van der Waals surface area contributed by atoms with Crippen LogP contribution in [0.4, 0.5) is 0 Å². The molecule has 1 heterocycles. The van der Waals surface area contributed by atoms with Gasteiger partial charge in [0.1, 0.15) is 0 Å². The summed E-state index contributed by atoms with van der Waals surface area (Å²) in [7, 11) is 0. The molecule has 0 amide bonds. The highest BCUT2D eigenvalue weighted by molar-refractivity contribution is 4.92. The molecule has 0 bridgehead atoms. The zero-order valence-corrected chi connectivity index (χ0v) is 8.79. The Bertz CT molecular complexity index is 157. The van der Waals surface area contributed by atoms with E-state index in [9.17, 15) is 0 Å². The van der Waals surface area contributed by atoms with E-state index in [1.807, 2.05) is 0 Å². The second kappa shape index (κ2) is 4.40. The molecule has 0 saturated carbocycles. The van der Waals surface area contributed by atoms with Crippen molar-refractivity contribution >= 4 is 0 Å². The standard InChI is InChI=1S/C10H22N2O/c1-9(2)12-6-3-4-10(11,8-12)5-7-13/h9,13H,3-8,11H2,1-2H3. The Kier molecular flexibility index (Phi) is 3.71. The summed E-state index contributed by atoms with van der Waals surface area (Å²) in [6.07, 6.45) is 2.95. The number of hydrogen-bond acceptors (Lipinski definition) is 3. The second-order valence-corrected chi connectivity index (χ2v) is 4.50. The SMILES string of the molecule is CC(C)N1CCCC(N)(CCO)C1. The van der Waals surface area contributed by atoms with Crippen LogP contribution in [0.2, 0.25) is 0 Å². The largest absolute Gasteiger partial charge is 0.396 e. The number of piperidine rings is 1. The van der Waals surface area contributed by atoms with Crippen molar-refractivity contribution in [3.63, 3.8) is 0 Å². The van der Waals surface area contributed by atoms with Gasteiger partial charge in [0.25, 0.3) is 0 Å². The first kappa shape index (κ1) is 11.0. The maximum absolute atomic E-state index is 8.91. The smallest absolute Gasteiger partial charge is 0.0449 e. The molecule has 0 aromatic rings. The van der Waals surface area contributed by atoms with Crippen molar-refractivity contribution in [2.45, 2.75) is 44.7 Å². The molecule has 1 aliphatic heterocycles. The Balaban J connectivity index is 2.49. The van der Waals surface area contributed by atoms with Gasteiger partial charge >= 0.3 is 0 Å². The van der Waals surface area contributed by atoms with Crippen molar-refractivity contribution < 1.29 is 5.11 Å². The molecule has 1 atom stereocenters. The summed E-state index contributed by atoms with van der Waals surface area (Å²) in [6, 6.07) is 0.571. The molecular weight excluding hydrogens is 164 g/mol. The number of rotatable bonds is 3. The highest BCUT2D eigenvalue weighted by atomic mass is 16.3. The zero-order chi connectivity index (χ0) is 9.90. The summed E-state index contributed by atoms with van der Waals surface area (Å²) in [5, 5.41) is 8.91. The van der Waals surface area contributed by atoms with Crippen LogP contribution in [0.5, 0.6) is 0 Å². The maximum Gasteiger partial charge on any atom is 0.0449 e. The van der Waals surface area contributed by atoms with Gasteiger partial charge in [0.05, 0.1) is 0 Å². The van der Waals surface area contributed by atoms with Crippen molar-refractivity contribution in [3.05, 3.63) is 0 Å². The summed E-state index contributed by atoms with van der Waals surface area (Å²) in [5.41, 5.74) is 6.05. The molecule has 1 aliphatic rings. The molecule has 3 heteroatoms. The van der Waals surface area contributed by atoms with Gasteiger partial charge < -0.3 is 10.8 Å². The molecule has 1 rings (SSSR count). The van der Waals surface area contributed by atoms with Gasteiger partial charge in [0.2, 0.25) is 0 Å². The lowest BCUT2D eigenvalue weighted by Gasteiger charge is -2.42. The molecule has 78 valence electrons. The third-order valence-electron chi connectivity index (χ3n) is 2.98. The van der Waals surface area contributed by atoms with E-state index in [4.69, 9.17) is 10.8 Å². The number of nitrogens with two attached hydrogens (primary N) is 1. The molecular formula is C10H22N2O. The average Bonchev–Trinajstić information content (AvgIpc) is 2.04. The number of hydrogen-bond donors (Lipinski definition) is 2. The summed E-state index contributed by atoms with van der Waals surface area (Å²) < 4.78 is 0. The number of likely N-dealkylation sites (tertiary alicyclic amines) is 1. The number of aliphatic hydroxyl groups excluding tert-OH is 1. The van der Waals surface area contributed by atoms with Gasteiger partial charge in [-0.2, -0.15) is 0 Å². The Morgan fingerprint density at radius 1 is 1.54 bits per heavy atom. The third kappa shape index (κ3) is 2.93. The minimum atomic E-state index is -0.142. The lowest BCUT2D eigenvalue weighted by molar-refractivity contribution is 0.0998. The molecule has 1 unspecified atom stereocenters. The number of aliphatic hydroxyl groups is 1. The van der Waals surface area contributed by atoms with Gasteiger partial charge in [-0.1, -0.05) is 0 Å². The maximum atomic E-state index is 8.91. The van der Waals surface area contributed by atoms with Gasteiger partial charge in [0.15, 0.2) is 0 Å². The van der Waals surface area contributed by atoms with Crippen molar-refractivity contribution in [1.82, 2.24) is 4.90 Å². The molecule has 3 nitrogen and oxygen atoms in total. The summed E-state index contributed by atoms with van der Waals surface area (Å²) in [6.45, 7) is 6.70. The van der Waals surface area contributed by atoms with E-state index >= 15 is 0 Å². The minimum absolute atomic E-state index is 0.142. The Labute approximate surface area is 80.9 Å². The normalized spacial score (nSPS) is 31.2. The van der Waals surface area contributed by atoms with Crippen LogP contribution in [0, 0.1) is 0 Å². The third-order valence-corrected chi connectivity index (χ3v) is 2.98. The molecule has 0 aromatic carbocycles. The second-order valence-electron chi connectivity index (χ2n) is 4.50. The molecule has 3 N–H and O–H groups in total. The van der Waals surface area contributed by atoms with Gasteiger partial charge in [-0.15, -0.1) is 0 Å². The topological polar surface area (TPSA) is 49.5 Å². The molecule has 0 spiro atoms. The van der Waals surface area contributed by atoms with Gasteiger partial charge in [0, 0.05) is 24.7 Å². The van der Waals surface area contributed by atoms with Crippen LogP contribution in [0.3, 0.4) is 0 Å². The lowest BCUT2D eigenvalue weighted by Crippen LogP contribution is -2.56. The average molecular weight is 186 g/mol. The van der Waals surface area contributed by atoms with Crippen molar-refractivity contribution in [2.75, 3.05) is 19.7 Å². The Hall–Kier alpha value is -0.120. The fraction of sp³-hybridized carbons (Fsp3) is 1.00. The molecule has 0 radical (unpaired) electrons. The van der Waals surface area contributed by atoms with Crippen molar-refractivity contribution in [3.8, 4) is 0 Å². The summed E-state index contributed by atoms with van der Waals surface area (Å²) in [4.78, 5) is 2.40. The van der Waals surface area contributed by atoms with Crippen LogP contribution in [0.1, 0.15) is 33.1 Å². The van der Waals surface area contributed by atoms with Crippen LogP contribution < -0.4 is 5.73 Å². The van der Waals surface area contributed by atoms with E-state index in [0.29, 0.717) is 6.04 Å². The summed E-state index contributed by atoms with van der Waals surface area (Å²) in [5.74, 6) is 0. The van der Waals surface area contributed by atoms with E-state index in [2.05, 4.69) is 18.7 Å². The van der Waals surface area contributed by atoms with Crippen LogP contribution >= 0.6 is 0 Å². The molecule has 13 heavy (non-hydrogen) atoms. The van der Waals surface area contributed by atoms with E-state index < -0.39 is 0 Å². The van der Waals surface area contributed by atoms with Gasteiger partial charge in [-0.3, -0.25) is 4.90 Å². The Morgan fingerprint density at radius 3 is 2.77 bits per heavy atom. The van der Waals surface area contributed by atoms with Crippen LogP contribution in [-0.4, -0.2) is 41.3 Å². The van der Waals surface area contributed by atoms with Crippen LogP contribution in [0.15, 0.2) is 0 Å². The van der Waals surface area contributed by atoms with E-state index in [-0.39, 0.29) is 12.1 Å². The van der Waals surface area contributed by atoms with Crippen LogP contribution in [0.25, 0.3) is 0 Å². The zero-order valence-electron chi connectivity index (χ0n) is 8.79. The summed E-state index contributed by atoms with van der Waals surface area (Å²) >= 11 is 0. The van der Waals surface area contributed by atoms with Crippen LogP contribution in [-0.2, 0) is 0 Å². The molecule has 0 aromatic heterocycles. The minimum Gasteiger partial charge on any atom is -0.396 e. The van der Waals surface area contributed by atoms with Crippen molar-refractivity contribution in [1.29, 1.82) is 0 Å². The van der Waals surface area contributed by atoms with Crippen molar-refractivity contribution in [2.24, 2.45) is 5.73 Å². The van der Waals surface area contributed by atoms with Gasteiger partial charge in [-0.05, 0) is 39.7 Å². The van der Waals surface area contributed by atoms with Gasteiger partial charge in [-0.25, -0.2) is 0 Å². The first-order chi connectivity index (χ1) is 6.07. The predicted molar refractivity (Wildman–Crippen MR) is 54.6 cm³/mol. The Morgan fingerprint density at radius 2 is 2.23 bits per heavy atom. The predicted octanol–water partition coefficient (Wildman–Crippen LogP) is 0.571. The van der Waals surface area contributed by atoms with E-state index in [0.717, 1.165) is 32.4 Å². The first-order valence-electron chi connectivity index (χ1n) is 5.21. The van der Waals surface area contributed by atoms with E-state index in [1.165, 1.54) is 0 Å². The van der Waals surface area contributed by atoms with E-state index in [1.54, 1.807) is 0 Å². The highest BCUT2D eigenvalue weighted by Crippen LogP contribution is 2.22. The first-order valence-corrected chi connectivity index (χ1v) is 5.21. The highest BCUT2D eigenvalue weighted by Gasteiger charge is 2.31. The fourth-order valence-electron chi connectivity index (χ4n) is 2.06. The quantitative estimate of drug-likeness (QED) is 0.677. The monoisotopic (exact) mass is 186 g/mol. The molecule has 1 saturated heterocycles.